The van der Waals surface area contributed by atoms with Crippen molar-refractivity contribution >= 4 is 50.2 Å². The number of para-hydroxylation sites is 2. The molecular formula is C24H22BrCl2N3O. The van der Waals surface area contributed by atoms with Gasteiger partial charge in [-0.1, -0.05) is 57.3 Å². The van der Waals surface area contributed by atoms with Crippen molar-refractivity contribution in [3.8, 4) is 5.75 Å². The predicted molar refractivity (Wildman–Crippen MR) is 131 cm³/mol. The van der Waals surface area contributed by atoms with Crippen LogP contribution in [0.1, 0.15) is 23.4 Å². The number of ether oxygens (including phenoxy) is 1. The van der Waals surface area contributed by atoms with Crippen LogP contribution in [0.15, 0.2) is 65.1 Å². The molecule has 2 N–H and O–H groups in total. The summed E-state index contributed by atoms with van der Waals surface area (Å²) in [5, 5.41) is 4.71. The number of imidazole rings is 1. The number of fused-ring (bicyclic) bond motifs is 1. The third-order valence-electron chi connectivity index (χ3n) is 4.98. The maximum absolute atomic E-state index is 6.26. The van der Waals surface area contributed by atoms with Gasteiger partial charge < -0.3 is 15.0 Å². The summed E-state index contributed by atoms with van der Waals surface area (Å²) in [6.07, 6.45) is 1.88. The van der Waals surface area contributed by atoms with E-state index in [1.54, 1.807) is 0 Å². The van der Waals surface area contributed by atoms with Gasteiger partial charge in [0.2, 0.25) is 0 Å². The normalized spacial score (nSPS) is 11.2. The van der Waals surface area contributed by atoms with E-state index in [0.717, 1.165) is 57.6 Å². The number of hydrogen-bond acceptors (Lipinski definition) is 3. The van der Waals surface area contributed by atoms with Crippen molar-refractivity contribution < 1.29 is 4.74 Å². The lowest BCUT2D eigenvalue weighted by atomic mass is 10.2. The van der Waals surface area contributed by atoms with Crippen molar-refractivity contribution in [2.24, 2.45) is 0 Å². The minimum atomic E-state index is 0.319. The maximum atomic E-state index is 6.26. The van der Waals surface area contributed by atoms with Crippen LogP contribution in [0.2, 0.25) is 10.0 Å². The van der Waals surface area contributed by atoms with Gasteiger partial charge in [-0.2, -0.15) is 0 Å². The van der Waals surface area contributed by atoms with E-state index < -0.39 is 0 Å². The van der Waals surface area contributed by atoms with Gasteiger partial charge in [0.05, 0.1) is 11.0 Å². The van der Waals surface area contributed by atoms with Crippen LogP contribution in [0.3, 0.4) is 0 Å². The fraction of sp³-hybridized carbons (Fsp3) is 0.208. The second-order valence-electron chi connectivity index (χ2n) is 7.22. The summed E-state index contributed by atoms with van der Waals surface area (Å²) in [7, 11) is 0. The van der Waals surface area contributed by atoms with Gasteiger partial charge in [0.25, 0.3) is 0 Å². The van der Waals surface area contributed by atoms with Gasteiger partial charge in [0, 0.05) is 38.6 Å². The van der Waals surface area contributed by atoms with Crippen molar-refractivity contribution in [1.82, 2.24) is 15.3 Å². The van der Waals surface area contributed by atoms with Crippen molar-refractivity contribution in [1.29, 1.82) is 0 Å². The fourth-order valence-corrected chi connectivity index (χ4v) is 4.29. The summed E-state index contributed by atoms with van der Waals surface area (Å²) in [6, 6.07) is 19.6. The zero-order valence-corrected chi connectivity index (χ0v) is 19.9. The Morgan fingerprint density at radius 1 is 1.00 bits per heavy atom. The molecule has 0 atom stereocenters. The Hall–Kier alpha value is -2.05. The molecule has 0 saturated heterocycles. The summed E-state index contributed by atoms with van der Waals surface area (Å²) in [6.45, 7) is 1.89. The molecule has 0 unspecified atom stereocenters. The Bertz CT molecular complexity index is 1130. The molecule has 0 saturated carbocycles. The van der Waals surface area contributed by atoms with Crippen molar-refractivity contribution in [2.75, 3.05) is 6.54 Å². The molecule has 31 heavy (non-hydrogen) atoms. The van der Waals surface area contributed by atoms with Crippen molar-refractivity contribution in [3.63, 3.8) is 0 Å². The van der Waals surface area contributed by atoms with Crippen LogP contribution in [0.5, 0.6) is 5.75 Å². The molecule has 4 nitrogen and oxygen atoms in total. The molecule has 0 bridgehead atoms. The van der Waals surface area contributed by atoms with Gasteiger partial charge >= 0.3 is 0 Å². The molecule has 7 heteroatoms. The Labute approximate surface area is 200 Å². The first kappa shape index (κ1) is 22.2. The number of halogens is 3. The highest BCUT2D eigenvalue weighted by Gasteiger charge is 2.10. The van der Waals surface area contributed by atoms with E-state index in [9.17, 15) is 0 Å². The van der Waals surface area contributed by atoms with Gasteiger partial charge in [0.1, 0.15) is 18.2 Å². The number of hydrogen-bond donors (Lipinski definition) is 2. The molecule has 0 aliphatic carbocycles. The quantitative estimate of drug-likeness (QED) is 0.236. The van der Waals surface area contributed by atoms with Crippen LogP contribution in [0.4, 0.5) is 0 Å². The van der Waals surface area contributed by atoms with Crippen LogP contribution in [0.25, 0.3) is 11.0 Å². The molecule has 0 amide bonds. The number of H-pyrrole nitrogens is 1. The third-order valence-corrected chi connectivity index (χ3v) is 6.18. The molecule has 1 heterocycles. The topological polar surface area (TPSA) is 49.9 Å². The summed E-state index contributed by atoms with van der Waals surface area (Å²) < 4.78 is 7.06. The number of rotatable bonds is 9. The van der Waals surface area contributed by atoms with Gasteiger partial charge in [-0.15, -0.1) is 0 Å². The van der Waals surface area contributed by atoms with Crippen molar-refractivity contribution in [2.45, 2.75) is 26.0 Å². The smallest absolute Gasteiger partial charge is 0.124 e. The number of benzene rings is 3. The highest BCUT2D eigenvalue weighted by molar-refractivity contribution is 9.10. The van der Waals surface area contributed by atoms with Gasteiger partial charge in [-0.25, -0.2) is 4.98 Å². The summed E-state index contributed by atoms with van der Waals surface area (Å²) in [4.78, 5) is 8.01. The molecule has 3 aromatic carbocycles. The number of aromatic nitrogens is 2. The molecule has 4 rings (SSSR count). The summed E-state index contributed by atoms with van der Waals surface area (Å²) >= 11 is 16.1. The van der Waals surface area contributed by atoms with Gasteiger partial charge in [-0.3, -0.25) is 0 Å². The van der Waals surface area contributed by atoms with E-state index >= 15 is 0 Å². The predicted octanol–water partition coefficient (Wildman–Crippen LogP) is 6.93. The molecular weight excluding hydrogens is 497 g/mol. The van der Waals surface area contributed by atoms with E-state index in [1.165, 1.54) is 0 Å². The van der Waals surface area contributed by atoms with E-state index in [1.807, 2.05) is 48.5 Å². The average molecular weight is 519 g/mol. The summed E-state index contributed by atoms with van der Waals surface area (Å²) in [5.74, 6) is 1.83. The maximum Gasteiger partial charge on any atom is 0.124 e. The first-order valence-corrected chi connectivity index (χ1v) is 11.6. The minimum Gasteiger partial charge on any atom is -0.488 e. The molecule has 0 radical (unpaired) electrons. The largest absolute Gasteiger partial charge is 0.488 e. The van der Waals surface area contributed by atoms with E-state index in [4.69, 9.17) is 27.9 Å². The van der Waals surface area contributed by atoms with Gasteiger partial charge in [0.15, 0.2) is 0 Å². The van der Waals surface area contributed by atoms with Crippen molar-refractivity contribution in [3.05, 3.63) is 92.1 Å². The second kappa shape index (κ2) is 10.5. The highest BCUT2D eigenvalue weighted by Crippen LogP contribution is 2.28. The standard InChI is InChI=1S/C24H22BrCl2N3O/c25-17-10-11-23(31-15-18-19(26)5-3-6-20(18)27)16(13-17)14-28-12-4-9-24-29-21-7-1-2-8-22(21)30-24/h1-3,5-8,10-11,13,28H,4,9,12,14-15H2,(H,29,30). The molecule has 1 aromatic heterocycles. The first-order valence-electron chi connectivity index (χ1n) is 10.1. The fourth-order valence-electron chi connectivity index (χ4n) is 3.38. The highest BCUT2D eigenvalue weighted by atomic mass is 79.9. The molecule has 0 spiro atoms. The lowest BCUT2D eigenvalue weighted by Crippen LogP contribution is -2.16. The van der Waals surface area contributed by atoms with Crippen LogP contribution >= 0.6 is 39.1 Å². The first-order chi connectivity index (χ1) is 15.1. The van der Waals surface area contributed by atoms with Crippen LogP contribution in [0, 0.1) is 0 Å². The zero-order chi connectivity index (χ0) is 21.6. The Balaban J connectivity index is 1.31. The zero-order valence-electron chi connectivity index (χ0n) is 16.8. The lowest BCUT2D eigenvalue weighted by molar-refractivity contribution is 0.302. The lowest BCUT2D eigenvalue weighted by Gasteiger charge is -2.14. The Morgan fingerprint density at radius 2 is 1.81 bits per heavy atom. The monoisotopic (exact) mass is 517 g/mol. The Kier molecular flexibility index (Phi) is 7.51. The molecule has 160 valence electrons. The third kappa shape index (κ3) is 5.80. The van der Waals surface area contributed by atoms with Crippen LogP contribution in [-0.2, 0) is 19.6 Å². The number of aryl methyl sites for hydroxylation is 1. The molecule has 0 aliphatic rings. The average Bonchev–Trinajstić information content (AvgIpc) is 3.17. The number of nitrogens with zero attached hydrogens (tertiary/aromatic N) is 1. The Morgan fingerprint density at radius 3 is 2.61 bits per heavy atom. The van der Waals surface area contributed by atoms with Crippen LogP contribution in [-0.4, -0.2) is 16.5 Å². The molecule has 0 aliphatic heterocycles. The minimum absolute atomic E-state index is 0.319. The molecule has 0 fully saturated rings. The van der Waals surface area contributed by atoms with Crippen LogP contribution < -0.4 is 10.1 Å². The van der Waals surface area contributed by atoms with E-state index in [2.05, 4.69) is 43.3 Å². The number of nitrogens with one attached hydrogen (secondary N) is 2. The number of aromatic amines is 1. The SMILES string of the molecule is Clc1cccc(Cl)c1COc1ccc(Br)cc1CNCCCc1nc2ccccc2[nH]1. The van der Waals surface area contributed by atoms with E-state index in [-0.39, 0.29) is 0 Å². The van der Waals surface area contributed by atoms with E-state index in [0.29, 0.717) is 23.2 Å². The second-order valence-corrected chi connectivity index (χ2v) is 8.95. The summed E-state index contributed by atoms with van der Waals surface area (Å²) in [5.41, 5.74) is 3.96. The van der Waals surface area contributed by atoms with Gasteiger partial charge in [-0.05, 0) is 55.4 Å². The molecule has 4 aromatic rings.